The van der Waals surface area contributed by atoms with Crippen LogP contribution in [-0.4, -0.2) is 39.1 Å². The van der Waals surface area contributed by atoms with Gasteiger partial charge in [-0.1, -0.05) is 0 Å². The zero-order chi connectivity index (χ0) is 16.6. The molecule has 0 radical (unpaired) electrons. The van der Waals surface area contributed by atoms with Crippen LogP contribution in [0.15, 0.2) is 30.6 Å². The topological polar surface area (TPSA) is 77.4 Å². The Kier molecular flexibility index (Phi) is 3.83. The van der Waals surface area contributed by atoms with E-state index in [0.29, 0.717) is 50.4 Å². The van der Waals surface area contributed by atoms with Crippen LogP contribution in [-0.2, 0) is 15.1 Å². The van der Waals surface area contributed by atoms with E-state index in [-0.39, 0.29) is 0 Å². The van der Waals surface area contributed by atoms with Gasteiger partial charge in [0.2, 0.25) is 0 Å². The normalized spacial score (nSPS) is 21.9. The Morgan fingerprint density at radius 1 is 1.00 bits per heavy atom. The van der Waals surface area contributed by atoms with Gasteiger partial charge in [0, 0.05) is 36.5 Å². The fraction of sp³-hybridized carbons (Fsp3) is 0.500. The first-order chi connectivity index (χ1) is 11.6. The number of aromatic nitrogens is 3. The molecule has 0 amide bonds. The molecule has 1 N–H and O–H groups in total. The molecule has 1 saturated carbocycles. The van der Waals surface area contributed by atoms with Gasteiger partial charge in [-0.05, 0) is 38.0 Å². The number of ether oxygens (including phenoxy) is 2. The van der Waals surface area contributed by atoms with Crippen molar-refractivity contribution in [2.24, 2.45) is 0 Å². The fourth-order valence-electron chi connectivity index (χ4n) is 3.48. The molecule has 3 heterocycles. The van der Waals surface area contributed by atoms with Crippen molar-refractivity contribution < 1.29 is 14.6 Å². The van der Waals surface area contributed by atoms with Crippen LogP contribution in [0.3, 0.4) is 0 Å². The Bertz CT molecular complexity index is 717. The minimum Gasteiger partial charge on any atom is -0.384 e. The Hall–Kier alpha value is -1.89. The van der Waals surface area contributed by atoms with Crippen LogP contribution < -0.4 is 0 Å². The number of aliphatic hydroxyl groups is 1. The maximum absolute atomic E-state index is 11.0. The van der Waals surface area contributed by atoms with Crippen molar-refractivity contribution in [1.82, 2.24) is 15.0 Å². The molecule has 0 atom stereocenters. The van der Waals surface area contributed by atoms with Gasteiger partial charge in [0.15, 0.2) is 11.6 Å². The lowest BCUT2D eigenvalue weighted by atomic mass is 9.79. The molecule has 0 unspecified atom stereocenters. The molecular weight excluding hydrogens is 306 g/mol. The van der Waals surface area contributed by atoms with Gasteiger partial charge in [-0.15, -0.1) is 0 Å². The zero-order valence-electron chi connectivity index (χ0n) is 13.7. The first-order valence-corrected chi connectivity index (χ1v) is 8.36. The number of rotatable bonds is 2. The molecular formula is C18H21N3O3. The minimum absolute atomic E-state index is 0.485. The summed E-state index contributed by atoms with van der Waals surface area (Å²) in [6, 6.07) is 5.65. The molecule has 1 saturated heterocycles. The van der Waals surface area contributed by atoms with Crippen molar-refractivity contribution in [2.45, 2.75) is 44.0 Å². The van der Waals surface area contributed by atoms with Crippen LogP contribution >= 0.6 is 0 Å². The second-order valence-electron chi connectivity index (χ2n) is 6.59. The molecule has 6 nitrogen and oxygen atoms in total. The molecule has 126 valence electrons. The van der Waals surface area contributed by atoms with Crippen LogP contribution in [0.2, 0.25) is 0 Å². The highest BCUT2D eigenvalue weighted by molar-refractivity contribution is 5.53. The second-order valence-corrected chi connectivity index (χ2v) is 6.59. The molecule has 1 spiro atoms. The van der Waals surface area contributed by atoms with Gasteiger partial charge >= 0.3 is 0 Å². The molecule has 1 aliphatic heterocycles. The van der Waals surface area contributed by atoms with Crippen molar-refractivity contribution in [2.75, 3.05) is 13.2 Å². The van der Waals surface area contributed by atoms with Gasteiger partial charge in [0.05, 0.1) is 18.9 Å². The second kappa shape index (κ2) is 5.88. The van der Waals surface area contributed by atoms with Crippen molar-refractivity contribution in [3.05, 3.63) is 42.0 Å². The maximum Gasteiger partial charge on any atom is 0.168 e. The van der Waals surface area contributed by atoms with Gasteiger partial charge in [0.1, 0.15) is 5.60 Å². The fourth-order valence-corrected chi connectivity index (χ4v) is 3.48. The Morgan fingerprint density at radius 3 is 2.38 bits per heavy atom. The highest BCUT2D eigenvalue weighted by Crippen LogP contribution is 2.44. The van der Waals surface area contributed by atoms with Crippen LogP contribution in [0.25, 0.3) is 11.4 Å². The van der Waals surface area contributed by atoms with Crippen LogP contribution in [0.5, 0.6) is 0 Å². The monoisotopic (exact) mass is 327 g/mol. The lowest BCUT2D eigenvalue weighted by Crippen LogP contribution is -2.42. The Morgan fingerprint density at radius 2 is 1.75 bits per heavy atom. The lowest BCUT2D eigenvalue weighted by molar-refractivity contribution is -0.204. The standard InChI is InChI=1S/C18H21N3O3/c1-13-4-9-19-16(21-13)14-2-3-15(20-12-14)17(22)5-7-18(8-6-17)23-10-11-24-18/h2-4,9,12,22H,5-8,10-11H2,1H3. The van der Waals surface area contributed by atoms with Gasteiger partial charge in [-0.25, -0.2) is 9.97 Å². The number of hydrogen-bond donors (Lipinski definition) is 1. The summed E-state index contributed by atoms with van der Waals surface area (Å²) < 4.78 is 11.5. The molecule has 0 bridgehead atoms. The van der Waals surface area contributed by atoms with E-state index in [1.165, 1.54) is 0 Å². The molecule has 2 fully saturated rings. The van der Waals surface area contributed by atoms with Crippen molar-refractivity contribution in [3.63, 3.8) is 0 Å². The van der Waals surface area contributed by atoms with E-state index >= 15 is 0 Å². The quantitative estimate of drug-likeness (QED) is 0.912. The molecule has 2 aromatic rings. The summed E-state index contributed by atoms with van der Waals surface area (Å²) in [4.78, 5) is 13.2. The van der Waals surface area contributed by atoms with Crippen molar-refractivity contribution in [1.29, 1.82) is 0 Å². The third-order valence-corrected chi connectivity index (χ3v) is 4.95. The number of aryl methyl sites for hydroxylation is 1. The Balaban J connectivity index is 1.52. The van der Waals surface area contributed by atoms with Crippen LogP contribution in [0.1, 0.15) is 37.1 Å². The molecule has 2 aliphatic rings. The summed E-state index contributed by atoms with van der Waals surface area (Å²) in [5, 5.41) is 11.0. The van der Waals surface area contributed by atoms with E-state index in [9.17, 15) is 5.11 Å². The summed E-state index contributed by atoms with van der Waals surface area (Å²) >= 11 is 0. The smallest absolute Gasteiger partial charge is 0.168 e. The number of pyridine rings is 1. The van der Waals surface area contributed by atoms with Gasteiger partial charge < -0.3 is 14.6 Å². The predicted molar refractivity (Wildman–Crippen MR) is 87.0 cm³/mol. The van der Waals surface area contributed by atoms with E-state index in [2.05, 4.69) is 15.0 Å². The Labute approximate surface area is 140 Å². The summed E-state index contributed by atoms with van der Waals surface area (Å²) in [6.45, 7) is 3.21. The third kappa shape index (κ3) is 2.81. The van der Waals surface area contributed by atoms with E-state index in [4.69, 9.17) is 9.47 Å². The van der Waals surface area contributed by atoms with Crippen LogP contribution in [0.4, 0.5) is 0 Å². The summed E-state index contributed by atoms with van der Waals surface area (Å²) in [6.07, 6.45) is 6.01. The molecule has 0 aromatic carbocycles. The predicted octanol–water partition coefficient (Wildman–Crippen LogP) is 2.35. The molecule has 4 rings (SSSR count). The van der Waals surface area contributed by atoms with Gasteiger partial charge in [0.25, 0.3) is 0 Å². The van der Waals surface area contributed by atoms with Crippen molar-refractivity contribution in [3.8, 4) is 11.4 Å². The SMILES string of the molecule is Cc1ccnc(-c2ccc(C3(O)CCC4(CC3)OCCO4)nc2)n1. The lowest BCUT2D eigenvalue weighted by Gasteiger charge is -2.40. The van der Waals surface area contributed by atoms with Gasteiger partial charge in [-0.2, -0.15) is 0 Å². The summed E-state index contributed by atoms with van der Waals surface area (Å²) in [7, 11) is 0. The van der Waals surface area contributed by atoms with E-state index in [0.717, 1.165) is 11.3 Å². The molecule has 6 heteroatoms. The van der Waals surface area contributed by atoms with Crippen LogP contribution in [0, 0.1) is 6.92 Å². The minimum atomic E-state index is -0.924. The average Bonchev–Trinajstić information content (AvgIpc) is 3.07. The van der Waals surface area contributed by atoms with Gasteiger partial charge in [-0.3, -0.25) is 4.98 Å². The largest absolute Gasteiger partial charge is 0.384 e. The van der Waals surface area contributed by atoms with Crippen molar-refractivity contribution >= 4 is 0 Å². The zero-order valence-corrected chi connectivity index (χ0v) is 13.7. The highest BCUT2D eigenvalue weighted by atomic mass is 16.7. The first-order valence-electron chi connectivity index (χ1n) is 8.36. The average molecular weight is 327 g/mol. The summed E-state index contributed by atoms with van der Waals surface area (Å²) in [5.41, 5.74) is 1.52. The summed E-state index contributed by atoms with van der Waals surface area (Å²) in [5.74, 6) is 0.165. The molecule has 2 aromatic heterocycles. The van der Waals surface area contributed by atoms with E-state index in [1.807, 2.05) is 25.1 Å². The van der Waals surface area contributed by atoms with E-state index < -0.39 is 11.4 Å². The third-order valence-electron chi connectivity index (χ3n) is 4.95. The molecule has 1 aliphatic carbocycles. The molecule has 24 heavy (non-hydrogen) atoms. The number of nitrogens with zero attached hydrogens (tertiary/aromatic N) is 3. The maximum atomic E-state index is 11.0. The highest BCUT2D eigenvalue weighted by Gasteiger charge is 2.46. The van der Waals surface area contributed by atoms with E-state index in [1.54, 1.807) is 12.4 Å². The first kappa shape index (κ1) is 15.6. The number of hydrogen-bond acceptors (Lipinski definition) is 6.